The zero-order valence-corrected chi connectivity index (χ0v) is 10.9. The summed E-state index contributed by atoms with van der Waals surface area (Å²) in [5, 5.41) is 0.703. The lowest BCUT2D eigenvalue weighted by molar-refractivity contribution is 0.304. The molecular formula is C12H18ClNOS. The predicted octanol–water partition coefficient (Wildman–Crippen LogP) is 3.15. The molecule has 16 heavy (non-hydrogen) atoms. The van der Waals surface area contributed by atoms with Gasteiger partial charge in [0.2, 0.25) is 0 Å². The van der Waals surface area contributed by atoms with Crippen molar-refractivity contribution in [2.75, 3.05) is 12.4 Å². The highest BCUT2D eigenvalue weighted by molar-refractivity contribution is 7.80. The Morgan fingerprint density at radius 1 is 1.38 bits per heavy atom. The van der Waals surface area contributed by atoms with E-state index in [4.69, 9.17) is 22.1 Å². The fourth-order valence-corrected chi connectivity index (χ4v) is 1.71. The highest BCUT2D eigenvalue weighted by Gasteiger charge is 1.99. The van der Waals surface area contributed by atoms with Gasteiger partial charge >= 0.3 is 0 Å². The molecule has 4 heteroatoms. The molecule has 2 N–H and O–H groups in total. The van der Waals surface area contributed by atoms with Crippen molar-refractivity contribution < 1.29 is 4.74 Å². The Hall–Kier alpha value is -0.380. The number of ether oxygens (including phenoxy) is 1. The van der Waals surface area contributed by atoms with Gasteiger partial charge in [-0.2, -0.15) is 12.6 Å². The maximum absolute atomic E-state index is 5.84. The average molecular weight is 260 g/mol. The van der Waals surface area contributed by atoms with Crippen molar-refractivity contribution in [3.05, 3.63) is 29.3 Å². The Morgan fingerprint density at radius 3 is 2.88 bits per heavy atom. The van der Waals surface area contributed by atoms with Crippen molar-refractivity contribution >= 4 is 24.2 Å². The summed E-state index contributed by atoms with van der Waals surface area (Å²) < 4.78 is 5.56. The molecule has 0 aliphatic heterocycles. The lowest BCUT2D eigenvalue weighted by Crippen LogP contribution is -2.21. The van der Waals surface area contributed by atoms with Crippen LogP contribution in [-0.4, -0.2) is 18.4 Å². The maximum atomic E-state index is 5.84. The van der Waals surface area contributed by atoms with Crippen LogP contribution in [0.15, 0.2) is 24.3 Å². The largest absolute Gasteiger partial charge is 0.494 e. The van der Waals surface area contributed by atoms with E-state index in [-0.39, 0.29) is 6.04 Å². The van der Waals surface area contributed by atoms with Crippen molar-refractivity contribution in [2.24, 2.45) is 5.73 Å². The Balaban J connectivity index is 2.12. The van der Waals surface area contributed by atoms with Gasteiger partial charge in [0.15, 0.2) is 0 Å². The Labute approximate surface area is 108 Å². The summed E-state index contributed by atoms with van der Waals surface area (Å²) in [6, 6.07) is 7.65. The average Bonchev–Trinajstić information content (AvgIpc) is 2.28. The molecule has 0 aromatic heterocycles. The molecule has 0 radical (unpaired) electrons. The molecule has 0 aliphatic rings. The Bertz CT molecular complexity index is 309. The first-order chi connectivity index (χ1) is 7.72. The molecule has 1 atom stereocenters. The molecule has 0 heterocycles. The number of halogens is 1. The van der Waals surface area contributed by atoms with E-state index in [1.54, 1.807) is 0 Å². The molecule has 1 rings (SSSR count). The van der Waals surface area contributed by atoms with Gasteiger partial charge in [0.05, 0.1) is 6.61 Å². The second-order valence-corrected chi connectivity index (χ2v) is 4.55. The predicted molar refractivity (Wildman–Crippen MR) is 72.6 cm³/mol. The van der Waals surface area contributed by atoms with Crippen molar-refractivity contribution in [1.82, 2.24) is 0 Å². The van der Waals surface area contributed by atoms with E-state index < -0.39 is 0 Å². The molecule has 90 valence electrons. The molecule has 1 aromatic carbocycles. The van der Waals surface area contributed by atoms with Gasteiger partial charge in [-0.05, 0) is 37.5 Å². The van der Waals surface area contributed by atoms with Crippen LogP contribution in [0.25, 0.3) is 0 Å². The summed E-state index contributed by atoms with van der Waals surface area (Å²) in [4.78, 5) is 0. The normalized spacial score (nSPS) is 12.4. The molecule has 0 bridgehead atoms. The summed E-state index contributed by atoms with van der Waals surface area (Å²) in [6.45, 7) is 0.708. The van der Waals surface area contributed by atoms with Crippen LogP contribution >= 0.6 is 24.2 Å². The van der Waals surface area contributed by atoms with E-state index in [2.05, 4.69) is 12.6 Å². The first-order valence-corrected chi connectivity index (χ1v) is 6.48. The van der Waals surface area contributed by atoms with E-state index in [0.29, 0.717) is 11.6 Å². The molecule has 0 aliphatic carbocycles. The molecule has 0 fully saturated rings. The Kier molecular flexibility index (Phi) is 6.69. The van der Waals surface area contributed by atoms with Crippen LogP contribution in [0.2, 0.25) is 5.02 Å². The summed E-state index contributed by atoms with van der Waals surface area (Å²) >= 11 is 9.98. The second kappa shape index (κ2) is 7.82. The minimum atomic E-state index is 0.203. The van der Waals surface area contributed by atoms with Crippen molar-refractivity contribution in [3.63, 3.8) is 0 Å². The maximum Gasteiger partial charge on any atom is 0.120 e. The highest BCUT2D eigenvalue weighted by Crippen LogP contribution is 2.17. The van der Waals surface area contributed by atoms with Crippen molar-refractivity contribution in [1.29, 1.82) is 0 Å². The van der Waals surface area contributed by atoms with Gasteiger partial charge in [-0.3, -0.25) is 0 Å². The van der Waals surface area contributed by atoms with Crippen LogP contribution in [-0.2, 0) is 0 Å². The zero-order chi connectivity index (χ0) is 11.8. The van der Waals surface area contributed by atoms with Crippen LogP contribution in [0, 0.1) is 0 Å². The quantitative estimate of drug-likeness (QED) is 0.583. The van der Waals surface area contributed by atoms with Gasteiger partial charge in [0.1, 0.15) is 5.75 Å². The smallest absolute Gasteiger partial charge is 0.120 e. The summed E-state index contributed by atoms with van der Waals surface area (Å²) in [6.07, 6.45) is 3.08. The van der Waals surface area contributed by atoms with Crippen LogP contribution in [0.4, 0.5) is 0 Å². The van der Waals surface area contributed by atoms with Gasteiger partial charge in [-0.15, -0.1) is 0 Å². The Morgan fingerprint density at radius 2 is 2.19 bits per heavy atom. The van der Waals surface area contributed by atoms with Crippen molar-refractivity contribution in [2.45, 2.75) is 25.3 Å². The molecule has 0 amide bonds. The third-order valence-corrected chi connectivity index (χ3v) is 2.97. The topological polar surface area (TPSA) is 35.2 Å². The molecule has 2 nitrogen and oxygen atoms in total. The van der Waals surface area contributed by atoms with E-state index in [1.807, 2.05) is 24.3 Å². The minimum absolute atomic E-state index is 0.203. The summed E-state index contributed by atoms with van der Waals surface area (Å²) in [7, 11) is 0. The fraction of sp³-hybridized carbons (Fsp3) is 0.500. The van der Waals surface area contributed by atoms with E-state index in [9.17, 15) is 0 Å². The molecule has 0 saturated carbocycles. The number of unbranched alkanes of at least 4 members (excludes halogenated alkanes) is 1. The molecular weight excluding hydrogens is 242 g/mol. The van der Waals surface area contributed by atoms with E-state index >= 15 is 0 Å². The molecule has 1 aromatic rings. The van der Waals surface area contributed by atoms with Crippen LogP contribution in [0.3, 0.4) is 0 Å². The number of hydrogen-bond acceptors (Lipinski definition) is 3. The van der Waals surface area contributed by atoms with Gasteiger partial charge in [0.25, 0.3) is 0 Å². The van der Waals surface area contributed by atoms with Gasteiger partial charge in [0, 0.05) is 16.8 Å². The minimum Gasteiger partial charge on any atom is -0.494 e. The van der Waals surface area contributed by atoms with Gasteiger partial charge in [-0.25, -0.2) is 0 Å². The standard InChI is InChI=1S/C12H18ClNOS/c13-10-4-3-6-12(8-10)15-7-2-1-5-11(14)9-16/h3-4,6,8,11,16H,1-2,5,7,9,14H2/t11-/m1/s1. The van der Waals surface area contributed by atoms with Crippen LogP contribution in [0.1, 0.15) is 19.3 Å². The highest BCUT2D eigenvalue weighted by atomic mass is 35.5. The number of rotatable bonds is 7. The molecule has 0 spiro atoms. The first-order valence-electron chi connectivity index (χ1n) is 5.47. The fourth-order valence-electron chi connectivity index (χ4n) is 1.35. The van der Waals surface area contributed by atoms with Gasteiger partial charge < -0.3 is 10.5 Å². The SMILES string of the molecule is N[C@@H](CS)CCCCOc1cccc(Cl)c1. The van der Waals surface area contributed by atoms with Gasteiger partial charge in [-0.1, -0.05) is 17.7 Å². The van der Waals surface area contributed by atoms with Crippen molar-refractivity contribution in [3.8, 4) is 5.75 Å². The van der Waals surface area contributed by atoms with E-state index in [0.717, 1.165) is 30.8 Å². The molecule has 0 saturated heterocycles. The zero-order valence-electron chi connectivity index (χ0n) is 9.23. The van der Waals surface area contributed by atoms with E-state index in [1.165, 1.54) is 0 Å². The lowest BCUT2D eigenvalue weighted by Gasteiger charge is -2.09. The number of benzene rings is 1. The third-order valence-electron chi connectivity index (χ3n) is 2.27. The molecule has 0 unspecified atom stereocenters. The lowest BCUT2D eigenvalue weighted by atomic mass is 10.1. The summed E-state index contributed by atoms with van der Waals surface area (Å²) in [5.41, 5.74) is 5.75. The number of hydrogen-bond donors (Lipinski definition) is 2. The monoisotopic (exact) mass is 259 g/mol. The van der Waals surface area contributed by atoms with Crippen LogP contribution < -0.4 is 10.5 Å². The summed E-state index contributed by atoms with van der Waals surface area (Å²) in [5.74, 6) is 1.57. The van der Waals surface area contributed by atoms with Crippen LogP contribution in [0.5, 0.6) is 5.75 Å². The second-order valence-electron chi connectivity index (χ2n) is 3.74. The number of nitrogens with two attached hydrogens (primary N) is 1. The number of thiol groups is 1. The third kappa shape index (κ3) is 5.64. The first kappa shape index (κ1) is 13.7.